The number of methoxy groups -OCH3 is 1. The van der Waals surface area contributed by atoms with Gasteiger partial charge in [0, 0.05) is 7.05 Å². The van der Waals surface area contributed by atoms with Crippen molar-refractivity contribution < 1.29 is 14.3 Å². The highest BCUT2D eigenvalue weighted by Gasteiger charge is 2.28. The molecule has 0 saturated heterocycles. The van der Waals surface area contributed by atoms with Gasteiger partial charge in [-0.25, -0.2) is 0 Å². The number of amides is 1. The van der Waals surface area contributed by atoms with Crippen LogP contribution >= 0.6 is 0 Å². The molecule has 1 amide bonds. The Morgan fingerprint density at radius 2 is 1.80 bits per heavy atom. The second-order valence-electron chi connectivity index (χ2n) is 5.13. The molecule has 0 spiro atoms. The van der Waals surface area contributed by atoms with E-state index in [0.29, 0.717) is 13.2 Å². The molecule has 0 bridgehead atoms. The van der Waals surface area contributed by atoms with Crippen LogP contribution in [0.15, 0.2) is 24.3 Å². The standard InChI is InChI=1S/C15H24N2O3/c1-15(2,16-3)14(18)17(4)10-11-20-13-8-6-12(19-5)7-9-13/h6-9,16H,10-11H2,1-5H3. The van der Waals surface area contributed by atoms with Crippen LogP contribution in [0.5, 0.6) is 11.5 Å². The van der Waals surface area contributed by atoms with Gasteiger partial charge in [0.1, 0.15) is 18.1 Å². The van der Waals surface area contributed by atoms with Gasteiger partial charge in [0.25, 0.3) is 0 Å². The van der Waals surface area contributed by atoms with Gasteiger partial charge in [0.05, 0.1) is 19.2 Å². The third-order valence-corrected chi connectivity index (χ3v) is 3.26. The molecule has 5 heteroatoms. The minimum Gasteiger partial charge on any atom is -0.497 e. The lowest BCUT2D eigenvalue weighted by molar-refractivity contribution is -0.135. The molecule has 0 aliphatic rings. The zero-order chi connectivity index (χ0) is 15.2. The van der Waals surface area contributed by atoms with E-state index in [0.717, 1.165) is 11.5 Å². The highest BCUT2D eigenvalue weighted by Crippen LogP contribution is 2.16. The van der Waals surface area contributed by atoms with E-state index < -0.39 is 5.54 Å². The average molecular weight is 280 g/mol. The van der Waals surface area contributed by atoms with Gasteiger partial charge >= 0.3 is 0 Å². The van der Waals surface area contributed by atoms with Crippen molar-refractivity contribution >= 4 is 5.91 Å². The van der Waals surface area contributed by atoms with Crippen molar-refractivity contribution in [2.24, 2.45) is 0 Å². The van der Waals surface area contributed by atoms with Gasteiger partial charge in [-0.05, 0) is 45.2 Å². The number of ether oxygens (including phenoxy) is 2. The second kappa shape index (κ2) is 7.14. The maximum atomic E-state index is 12.1. The molecule has 1 N–H and O–H groups in total. The molecule has 5 nitrogen and oxygen atoms in total. The highest BCUT2D eigenvalue weighted by atomic mass is 16.5. The van der Waals surface area contributed by atoms with E-state index in [4.69, 9.17) is 9.47 Å². The summed E-state index contributed by atoms with van der Waals surface area (Å²) in [5, 5.41) is 3.00. The van der Waals surface area contributed by atoms with Crippen LogP contribution in [0.3, 0.4) is 0 Å². The van der Waals surface area contributed by atoms with Gasteiger partial charge in [0.15, 0.2) is 0 Å². The molecule has 0 heterocycles. The number of carbonyl (C=O) groups is 1. The summed E-state index contributed by atoms with van der Waals surface area (Å²) in [5.74, 6) is 1.60. The van der Waals surface area contributed by atoms with Crippen molar-refractivity contribution in [3.8, 4) is 11.5 Å². The van der Waals surface area contributed by atoms with E-state index in [1.807, 2.05) is 38.1 Å². The molecule has 112 valence electrons. The lowest BCUT2D eigenvalue weighted by Crippen LogP contribution is -2.52. The lowest BCUT2D eigenvalue weighted by Gasteiger charge is -2.28. The largest absolute Gasteiger partial charge is 0.497 e. The van der Waals surface area contributed by atoms with Crippen molar-refractivity contribution in [2.45, 2.75) is 19.4 Å². The first kappa shape index (κ1) is 16.3. The Morgan fingerprint density at radius 1 is 1.25 bits per heavy atom. The van der Waals surface area contributed by atoms with Gasteiger partial charge in [-0.15, -0.1) is 0 Å². The molecule has 0 aliphatic heterocycles. The minimum atomic E-state index is -0.561. The summed E-state index contributed by atoms with van der Waals surface area (Å²) in [4.78, 5) is 13.8. The van der Waals surface area contributed by atoms with Crippen LogP contribution in [0, 0.1) is 0 Å². The number of hydrogen-bond acceptors (Lipinski definition) is 4. The number of hydrogen-bond donors (Lipinski definition) is 1. The van der Waals surface area contributed by atoms with Crippen molar-refractivity contribution in [1.29, 1.82) is 0 Å². The van der Waals surface area contributed by atoms with Gasteiger partial charge < -0.3 is 19.7 Å². The number of rotatable bonds is 7. The van der Waals surface area contributed by atoms with E-state index in [-0.39, 0.29) is 5.91 Å². The quantitative estimate of drug-likeness (QED) is 0.823. The Labute approximate surface area is 120 Å². The third-order valence-electron chi connectivity index (χ3n) is 3.26. The monoisotopic (exact) mass is 280 g/mol. The van der Waals surface area contributed by atoms with E-state index in [2.05, 4.69) is 5.32 Å². The predicted octanol–water partition coefficient (Wildman–Crippen LogP) is 1.53. The van der Waals surface area contributed by atoms with Crippen molar-refractivity contribution in [1.82, 2.24) is 10.2 Å². The third kappa shape index (κ3) is 4.42. The molecule has 0 aromatic heterocycles. The molecular formula is C15H24N2O3. The summed E-state index contributed by atoms with van der Waals surface area (Å²) in [6, 6.07) is 7.37. The number of nitrogens with one attached hydrogen (secondary N) is 1. The van der Waals surface area contributed by atoms with Gasteiger partial charge in [0.2, 0.25) is 5.91 Å². The minimum absolute atomic E-state index is 0.0401. The van der Waals surface area contributed by atoms with Crippen LogP contribution < -0.4 is 14.8 Å². The molecule has 20 heavy (non-hydrogen) atoms. The molecule has 1 aromatic carbocycles. The normalized spacial score (nSPS) is 11.1. The highest BCUT2D eigenvalue weighted by molar-refractivity contribution is 5.85. The van der Waals surface area contributed by atoms with E-state index in [1.165, 1.54) is 0 Å². The number of likely N-dealkylation sites (N-methyl/N-ethyl adjacent to an activating group) is 2. The maximum absolute atomic E-state index is 12.1. The van der Waals surface area contributed by atoms with Crippen LogP contribution in [-0.2, 0) is 4.79 Å². The van der Waals surface area contributed by atoms with E-state index in [9.17, 15) is 4.79 Å². The summed E-state index contributed by atoms with van der Waals surface area (Å²) in [6.07, 6.45) is 0. The zero-order valence-corrected chi connectivity index (χ0v) is 12.9. The molecule has 0 radical (unpaired) electrons. The van der Waals surface area contributed by atoms with Crippen LogP contribution in [0.4, 0.5) is 0 Å². The van der Waals surface area contributed by atoms with Crippen LogP contribution in [0.1, 0.15) is 13.8 Å². The number of carbonyl (C=O) groups excluding carboxylic acids is 1. The summed E-state index contributed by atoms with van der Waals surface area (Å²) in [5.41, 5.74) is -0.561. The average Bonchev–Trinajstić information content (AvgIpc) is 2.47. The molecule has 0 fully saturated rings. The fraction of sp³-hybridized carbons (Fsp3) is 0.533. The molecule has 1 rings (SSSR count). The summed E-state index contributed by atoms with van der Waals surface area (Å²) < 4.78 is 10.7. The predicted molar refractivity (Wildman–Crippen MR) is 79.3 cm³/mol. The Kier molecular flexibility index (Phi) is 5.82. The van der Waals surface area contributed by atoms with Crippen LogP contribution in [-0.4, -0.2) is 50.7 Å². The smallest absolute Gasteiger partial charge is 0.242 e. The van der Waals surface area contributed by atoms with Crippen molar-refractivity contribution in [3.63, 3.8) is 0 Å². The second-order valence-corrected chi connectivity index (χ2v) is 5.13. The Morgan fingerprint density at radius 3 is 2.30 bits per heavy atom. The molecule has 0 atom stereocenters. The molecular weight excluding hydrogens is 256 g/mol. The number of benzene rings is 1. The Hall–Kier alpha value is -1.75. The lowest BCUT2D eigenvalue weighted by atomic mass is 10.0. The number of nitrogens with zero attached hydrogens (tertiary/aromatic N) is 1. The fourth-order valence-electron chi connectivity index (χ4n) is 1.66. The van der Waals surface area contributed by atoms with Gasteiger partial charge in [-0.2, -0.15) is 0 Å². The maximum Gasteiger partial charge on any atom is 0.242 e. The Bertz CT molecular complexity index is 429. The molecule has 1 aromatic rings. The first-order chi connectivity index (χ1) is 9.40. The molecule has 0 unspecified atom stereocenters. The molecule has 0 aliphatic carbocycles. The van der Waals surface area contributed by atoms with Gasteiger partial charge in [-0.3, -0.25) is 4.79 Å². The van der Waals surface area contributed by atoms with E-state index in [1.54, 1.807) is 26.1 Å². The summed E-state index contributed by atoms with van der Waals surface area (Å²) >= 11 is 0. The van der Waals surface area contributed by atoms with E-state index >= 15 is 0 Å². The van der Waals surface area contributed by atoms with Crippen molar-refractivity contribution in [3.05, 3.63) is 24.3 Å². The SMILES string of the molecule is CNC(C)(C)C(=O)N(C)CCOc1ccc(OC)cc1. The zero-order valence-electron chi connectivity index (χ0n) is 12.9. The summed E-state index contributed by atoms with van der Waals surface area (Å²) in [7, 11) is 5.18. The van der Waals surface area contributed by atoms with Crippen LogP contribution in [0.2, 0.25) is 0 Å². The topological polar surface area (TPSA) is 50.8 Å². The molecule has 0 saturated carbocycles. The van der Waals surface area contributed by atoms with Gasteiger partial charge in [-0.1, -0.05) is 0 Å². The Balaban J connectivity index is 2.41. The fourth-order valence-corrected chi connectivity index (χ4v) is 1.66. The summed E-state index contributed by atoms with van der Waals surface area (Å²) in [6.45, 7) is 4.71. The van der Waals surface area contributed by atoms with Crippen molar-refractivity contribution in [2.75, 3.05) is 34.4 Å². The first-order valence-corrected chi connectivity index (χ1v) is 6.62. The first-order valence-electron chi connectivity index (χ1n) is 6.62. The van der Waals surface area contributed by atoms with Crippen LogP contribution in [0.25, 0.3) is 0 Å².